The molecule has 1 aromatic carbocycles. The number of hydrogen-bond donors (Lipinski definition) is 0. The number of ketones is 1. The Morgan fingerprint density at radius 2 is 1.10 bits per heavy atom. The molecule has 0 aliphatic rings. The van der Waals surface area contributed by atoms with Gasteiger partial charge in [-0.2, -0.15) is 0 Å². The number of carbonyl (C=O) groups excluding carboxylic acids is 3. The number of carboxylic acids is 2. The molecule has 6 N–H and O–H groups in total. The molecule has 0 aliphatic carbocycles. The van der Waals surface area contributed by atoms with E-state index in [9.17, 15) is 9.90 Å². The predicted molar refractivity (Wildman–Crippen MR) is 102 cm³/mol. The summed E-state index contributed by atoms with van der Waals surface area (Å²) in [4.78, 5) is 36.5. The van der Waals surface area contributed by atoms with Gasteiger partial charge in [-0.1, -0.05) is 31.2 Å². The van der Waals surface area contributed by atoms with Gasteiger partial charge in [0, 0.05) is 23.2 Å². The SMILES string of the molecule is CC(=O)/C=C(/C)[O-].O.O.O.O=C([O-])C(=O)[O-].[Cr+3].c1cnc2c(c1)ccc1cccnc12. The quantitative estimate of drug-likeness (QED) is 0.149. The van der Waals surface area contributed by atoms with E-state index in [1.165, 1.54) is 13.8 Å². The number of fused-ring (bicyclic) bond motifs is 3. The Hall–Kier alpha value is -3.40. The first-order chi connectivity index (χ1) is 12.7. The molecule has 12 heteroatoms. The van der Waals surface area contributed by atoms with Gasteiger partial charge in [-0.15, -0.1) is 5.76 Å². The van der Waals surface area contributed by atoms with E-state index in [-0.39, 0.29) is 45.3 Å². The average Bonchev–Trinajstić information content (AvgIpc) is 2.61. The number of carbonyl (C=O) groups is 3. The second-order valence-corrected chi connectivity index (χ2v) is 5.16. The Labute approximate surface area is 187 Å². The van der Waals surface area contributed by atoms with Gasteiger partial charge in [0.05, 0.1) is 23.0 Å². The first-order valence-electron chi connectivity index (χ1n) is 7.59. The first-order valence-corrected chi connectivity index (χ1v) is 7.59. The number of aromatic nitrogens is 2. The smallest absolute Gasteiger partial charge is 0.876 e. The number of hydrogen-bond acceptors (Lipinski definition) is 8. The molecule has 0 unspecified atom stereocenters. The van der Waals surface area contributed by atoms with Crippen LogP contribution in [0.4, 0.5) is 0 Å². The van der Waals surface area contributed by atoms with Crippen molar-refractivity contribution in [2.45, 2.75) is 13.8 Å². The van der Waals surface area contributed by atoms with E-state index < -0.39 is 11.9 Å². The summed E-state index contributed by atoms with van der Waals surface area (Å²) in [5.41, 5.74) is 1.95. The van der Waals surface area contributed by atoms with Crippen LogP contribution >= 0.6 is 0 Å². The van der Waals surface area contributed by atoms with Crippen molar-refractivity contribution in [2.75, 3.05) is 0 Å². The third-order valence-electron chi connectivity index (χ3n) is 2.92. The van der Waals surface area contributed by atoms with Crippen molar-refractivity contribution in [3.05, 3.63) is 60.6 Å². The first kappa shape index (κ1) is 35.1. The van der Waals surface area contributed by atoms with Gasteiger partial charge in [0.25, 0.3) is 0 Å². The van der Waals surface area contributed by atoms with Gasteiger partial charge in [-0.3, -0.25) is 14.8 Å². The molecular formula is C19H21CrN2O9. The summed E-state index contributed by atoms with van der Waals surface area (Å²) in [6, 6.07) is 12.1. The van der Waals surface area contributed by atoms with Crippen LogP contribution in [-0.4, -0.2) is 44.1 Å². The molecule has 0 aliphatic heterocycles. The van der Waals surface area contributed by atoms with Crippen molar-refractivity contribution < 1.29 is 63.5 Å². The third-order valence-corrected chi connectivity index (χ3v) is 2.92. The maximum absolute atomic E-state index is 9.98. The summed E-state index contributed by atoms with van der Waals surface area (Å²) in [7, 11) is 0. The molecular weight excluding hydrogens is 452 g/mol. The van der Waals surface area contributed by atoms with Crippen LogP contribution in [0.5, 0.6) is 0 Å². The minimum Gasteiger partial charge on any atom is -0.876 e. The number of nitrogens with zero attached hydrogens (tertiary/aromatic N) is 2. The summed E-state index contributed by atoms with van der Waals surface area (Å²) in [6.45, 7) is 2.70. The number of pyridine rings is 2. The fourth-order valence-corrected chi connectivity index (χ4v) is 1.97. The van der Waals surface area contributed by atoms with E-state index in [1.54, 1.807) is 12.4 Å². The predicted octanol–water partition coefficient (Wildman–Crippen LogP) is -3.37. The largest absolute Gasteiger partial charge is 3.00 e. The van der Waals surface area contributed by atoms with Gasteiger partial charge in [-0.05, 0) is 25.1 Å². The average molecular weight is 473 g/mol. The van der Waals surface area contributed by atoms with Crippen molar-refractivity contribution in [3.63, 3.8) is 0 Å². The second kappa shape index (κ2) is 17.5. The Kier molecular flexibility index (Phi) is 19.7. The molecule has 0 saturated carbocycles. The van der Waals surface area contributed by atoms with Crippen LogP contribution < -0.4 is 15.3 Å². The van der Waals surface area contributed by atoms with Crippen LogP contribution in [0, 0.1) is 0 Å². The molecule has 3 rings (SSSR count). The number of benzene rings is 1. The van der Waals surface area contributed by atoms with Crippen molar-refractivity contribution in [1.82, 2.24) is 9.97 Å². The summed E-state index contributed by atoms with van der Waals surface area (Å²) in [5, 5.41) is 30.1. The molecule has 0 atom stereocenters. The zero-order valence-electron chi connectivity index (χ0n) is 16.4. The Balaban J connectivity index is -0.000000188. The number of allylic oxidation sites excluding steroid dienone is 2. The summed E-state index contributed by atoms with van der Waals surface area (Å²) in [5.74, 6) is -4.75. The molecule has 1 radical (unpaired) electrons. The summed E-state index contributed by atoms with van der Waals surface area (Å²) >= 11 is 0. The topological polar surface area (TPSA) is 241 Å². The van der Waals surface area contributed by atoms with Gasteiger partial charge in [0.15, 0.2) is 5.78 Å². The molecule has 2 heterocycles. The zero-order valence-corrected chi connectivity index (χ0v) is 17.7. The van der Waals surface area contributed by atoms with E-state index in [0.29, 0.717) is 0 Å². The summed E-state index contributed by atoms with van der Waals surface area (Å²) in [6.07, 6.45) is 4.66. The number of rotatable bonds is 1. The fraction of sp³-hybridized carbons (Fsp3) is 0.105. The molecule has 2 aromatic heterocycles. The van der Waals surface area contributed by atoms with Gasteiger partial charge in [0.2, 0.25) is 0 Å². The van der Waals surface area contributed by atoms with Crippen LogP contribution in [-0.2, 0) is 31.7 Å². The van der Waals surface area contributed by atoms with E-state index in [1.807, 2.05) is 12.1 Å². The maximum Gasteiger partial charge on any atom is 3.00 e. The minimum absolute atomic E-state index is 0. The maximum atomic E-state index is 9.98. The summed E-state index contributed by atoms with van der Waals surface area (Å²) < 4.78 is 0. The molecule has 0 bridgehead atoms. The van der Waals surface area contributed by atoms with Gasteiger partial charge in [0.1, 0.15) is 0 Å². The Morgan fingerprint density at radius 3 is 1.32 bits per heavy atom. The van der Waals surface area contributed by atoms with Crippen LogP contribution in [0.15, 0.2) is 60.6 Å². The Bertz CT molecular complexity index is 939. The fourth-order valence-electron chi connectivity index (χ4n) is 1.97. The minimum atomic E-state index is -2.19. The monoisotopic (exact) mass is 473 g/mol. The van der Waals surface area contributed by atoms with E-state index in [4.69, 9.17) is 19.8 Å². The number of carboxylic acid groups (broad SMARTS) is 2. The molecule has 31 heavy (non-hydrogen) atoms. The number of aliphatic carboxylic acids is 2. The van der Waals surface area contributed by atoms with Gasteiger partial charge in [-0.25, -0.2) is 0 Å². The normalized spacial score (nSPS) is 8.90. The van der Waals surface area contributed by atoms with Crippen molar-refractivity contribution >= 4 is 39.5 Å². The van der Waals surface area contributed by atoms with Crippen molar-refractivity contribution in [1.29, 1.82) is 0 Å². The van der Waals surface area contributed by atoms with Crippen LogP contribution in [0.3, 0.4) is 0 Å². The molecule has 11 nitrogen and oxygen atoms in total. The third kappa shape index (κ3) is 12.7. The molecule has 0 fully saturated rings. The zero-order chi connectivity index (χ0) is 20.4. The van der Waals surface area contributed by atoms with Crippen molar-refractivity contribution in [3.8, 4) is 0 Å². The van der Waals surface area contributed by atoms with Crippen LogP contribution in [0.1, 0.15) is 13.8 Å². The molecule has 167 valence electrons. The standard InChI is InChI=1S/C12H8N2.C5H8O2.C2H2O4.Cr.3H2O/c1-3-9-5-6-10-4-2-8-14-12(10)11(9)13-7-1;1-4(6)3-5(2)7;3-1(4)2(5)6;;;;/h1-8H;3,6H,1-2H3;(H,3,4)(H,5,6);;3*1H2/q;;;+3;;;/p-3/b;4-3-;;;;;. The molecule has 0 amide bonds. The van der Waals surface area contributed by atoms with Crippen LogP contribution in [0.2, 0.25) is 0 Å². The van der Waals surface area contributed by atoms with Crippen LogP contribution in [0.25, 0.3) is 21.8 Å². The molecule has 0 saturated heterocycles. The van der Waals surface area contributed by atoms with E-state index in [2.05, 4.69) is 34.2 Å². The van der Waals surface area contributed by atoms with E-state index in [0.717, 1.165) is 27.9 Å². The van der Waals surface area contributed by atoms with Gasteiger partial charge < -0.3 is 41.3 Å². The van der Waals surface area contributed by atoms with Gasteiger partial charge >= 0.3 is 17.4 Å². The second-order valence-electron chi connectivity index (χ2n) is 5.16. The van der Waals surface area contributed by atoms with E-state index >= 15 is 0 Å². The molecule has 3 aromatic rings. The molecule has 0 spiro atoms. The Morgan fingerprint density at radius 1 is 0.742 bits per heavy atom. The van der Waals surface area contributed by atoms with Crippen molar-refractivity contribution in [2.24, 2.45) is 0 Å².